The topological polar surface area (TPSA) is 15.3 Å². The lowest BCUT2D eigenvalue weighted by Gasteiger charge is -2.47. The molecule has 2 aliphatic rings. The van der Waals surface area contributed by atoms with Gasteiger partial charge in [0.2, 0.25) is 0 Å². The summed E-state index contributed by atoms with van der Waals surface area (Å²) >= 11 is 3.25. The molecule has 0 amide bonds. The molecule has 2 fully saturated rings. The summed E-state index contributed by atoms with van der Waals surface area (Å²) in [5, 5.41) is 3.66. The fourth-order valence-corrected chi connectivity index (χ4v) is 4.12. The highest BCUT2D eigenvalue weighted by Crippen LogP contribution is 2.32. The van der Waals surface area contributed by atoms with Crippen LogP contribution < -0.4 is 5.32 Å². The fourth-order valence-electron chi connectivity index (χ4n) is 3.69. The average Bonchev–Trinajstić information content (AvgIpc) is 2.41. The Morgan fingerprint density at radius 2 is 2.00 bits per heavy atom. The van der Waals surface area contributed by atoms with Crippen molar-refractivity contribution in [3.63, 3.8) is 0 Å². The minimum atomic E-state index is -0.192. The molecular weight excluding hydrogens is 319 g/mol. The third kappa shape index (κ3) is 3.07. The number of hydrogen-bond acceptors (Lipinski definition) is 2. The van der Waals surface area contributed by atoms with Crippen LogP contribution in [0.3, 0.4) is 0 Å². The molecule has 3 rings (SSSR count). The molecule has 2 heterocycles. The Labute approximate surface area is 128 Å². The molecule has 4 heteroatoms. The summed E-state index contributed by atoms with van der Waals surface area (Å²) in [5.41, 5.74) is 1.14. The quantitative estimate of drug-likeness (QED) is 0.902. The van der Waals surface area contributed by atoms with Crippen LogP contribution in [0, 0.1) is 5.82 Å². The molecular formula is C16H22BrFN2. The highest BCUT2D eigenvalue weighted by Gasteiger charge is 2.35. The molecule has 2 bridgehead atoms. The molecule has 0 saturated carbocycles. The van der Waals surface area contributed by atoms with E-state index in [0.29, 0.717) is 10.5 Å². The summed E-state index contributed by atoms with van der Waals surface area (Å²) in [4.78, 5) is 2.58. The van der Waals surface area contributed by atoms with Crippen LogP contribution in [0.15, 0.2) is 22.7 Å². The summed E-state index contributed by atoms with van der Waals surface area (Å²) in [7, 11) is 2.28. The predicted octanol–water partition coefficient (Wildman–Crippen LogP) is 3.69. The zero-order valence-corrected chi connectivity index (χ0v) is 13.5. The third-order valence-corrected chi connectivity index (χ3v) is 5.53. The van der Waals surface area contributed by atoms with Crippen molar-refractivity contribution in [2.75, 3.05) is 7.05 Å². The maximum atomic E-state index is 13.2. The normalized spacial score (nSPS) is 30.4. The summed E-state index contributed by atoms with van der Waals surface area (Å²) in [6.07, 6.45) is 6.56. The molecule has 0 aliphatic carbocycles. The minimum Gasteiger partial charge on any atom is -0.310 e. The van der Waals surface area contributed by atoms with E-state index < -0.39 is 0 Å². The molecule has 110 valence electrons. The van der Waals surface area contributed by atoms with Crippen molar-refractivity contribution in [1.82, 2.24) is 10.2 Å². The molecule has 2 unspecified atom stereocenters. The molecule has 0 aromatic heterocycles. The first-order valence-corrected chi connectivity index (χ1v) is 8.32. The molecule has 20 heavy (non-hydrogen) atoms. The number of nitrogens with zero attached hydrogens (tertiary/aromatic N) is 1. The largest absolute Gasteiger partial charge is 0.310 e. The van der Waals surface area contributed by atoms with Crippen molar-refractivity contribution in [2.24, 2.45) is 0 Å². The van der Waals surface area contributed by atoms with E-state index in [1.165, 1.54) is 38.2 Å². The Morgan fingerprint density at radius 1 is 1.30 bits per heavy atom. The first kappa shape index (κ1) is 14.5. The molecule has 2 nitrogen and oxygen atoms in total. The van der Waals surface area contributed by atoms with Crippen LogP contribution in [0.25, 0.3) is 0 Å². The Morgan fingerprint density at radius 3 is 2.65 bits per heavy atom. The molecule has 2 aliphatic heterocycles. The smallest absolute Gasteiger partial charge is 0.137 e. The molecule has 2 atom stereocenters. The van der Waals surface area contributed by atoms with Crippen molar-refractivity contribution in [2.45, 2.75) is 56.8 Å². The van der Waals surface area contributed by atoms with Crippen LogP contribution >= 0.6 is 15.9 Å². The zero-order valence-electron chi connectivity index (χ0n) is 11.9. The second-order valence-electron chi connectivity index (χ2n) is 6.20. The van der Waals surface area contributed by atoms with E-state index in [2.05, 4.69) is 33.2 Å². The lowest BCUT2D eigenvalue weighted by Crippen LogP contribution is -2.54. The SMILES string of the molecule is CN1C2CCCC1CC(NCc1ccc(F)c(Br)c1)C2. The second-order valence-corrected chi connectivity index (χ2v) is 7.06. The summed E-state index contributed by atoms with van der Waals surface area (Å²) in [6.45, 7) is 0.826. The van der Waals surface area contributed by atoms with Crippen LogP contribution in [0.5, 0.6) is 0 Å². The van der Waals surface area contributed by atoms with Gasteiger partial charge in [0.05, 0.1) is 4.47 Å². The van der Waals surface area contributed by atoms with E-state index in [1.807, 2.05) is 12.1 Å². The predicted molar refractivity (Wildman–Crippen MR) is 83.2 cm³/mol. The molecule has 2 saturated heterocycles. The van der Waals surface area contributed by atoms with E-state index in [4.69, 9.17) is 0 Å². The van der Waals surface area contributed by atoms with Gasteiger partial charge in [0.25, 0.3) is 0 Å². The van der Waals surface area contributed by atoms with Crippen molar-refractivity contribution >= 4 is 15.9 Å². The van der Waals surface area contributed by atoms with Crippen LogP contribution in [0.4, 0.5) is 4.39 Å². The molecule has 1 N–H and O–H groups in total. The van der Waals surface area contributed by atoms with Gasteiger partial charge in [-0.05, 0) is 66.4 Å². The zero-order chi connectivity index (χ0) is 14.1. The van der Waals surface area contributed by atoms with Gasteiger partial charge < -0.3 is 10.2 Å². The summed E-state index contributed by atoms with van der Waals surface area (Å²) in [6, 6.07) is 7.37. The fraction of sp³-hybridized carbons (Fsp3) is 0.625. The minimum absolute atomic E-state index is 0.192. The molecule has 0 spiro atoms. The van der Waals surface area contributed by atoms with E-state index in [0.717, 1.165) is 24.2 Å². The first-order chi connectivity index (χ1) is 9.63. The van der Waals surface area contributed by atoms with Gasteiger partial charge in [-0.2, -0.15) is 0 Å². The van der Waals surface area contributed by atoms with Gasteiger partial charge in [0, 0.05) is 24.7 Å². The summed E-state index contributed by atoms with van der Waals surface area (Å²) in [5.74, 6) is -0.192. The number of rotatable bonds is 3. The Kier molecular flexibility index (Phi) is 4.43. The van der Waals surface area contributed by atoms with Crippen molar-refractivity contribution in [3.05, 3.63) is 34.1 Å². The van der Waals surface area contributed by atoms with Crippen LogP contribution in [0.1, 0.15) is 37.7 Å². The number of halogens is 2. The Bertz CT molecular complexity index is 466. The monoisotopic (exact) mass is 340 g/mol. The van der Waals surface area contributed by atoms with Crippen molar-refractivity contribution in [1.29, 1.82) is 0 Å². The van der Waals surface area contributed by atoms with Gasteiger partial charge in [0.15, 0.2) is 0 Å². The van der Waals surface area contributed by atoms with Gasteiger partial charge >= 0.3 is 0 Å². The van der Waals surface area contributed by atoms with Gasteiger partial charge in [-0.3, -0.25) is 0 Å². The Balaban J connectivity index is 1.57. The molecule has 1 aromatic rings. The van der Waals surface area contributed by atoms with E-state index in [9.17, 15) is 4.39 Å². The van der Waals surface area contributed by atoms with E-state index in [-0.39, 0.29) is 5.82 Å². The number of hydrogen-bond donors (Lipinski definition) is 1. The average molecular weight is 341 g/mol. The van der Waals surface area contributed by atoms with Gasteiger partial charge in [-0.25, -0.2) is 4.39 Å². The Hall–Kier alpha value is -0.450. The van der Waals surface area contributed by atoms with Crippen molar-refractivity contribution < 1.29 is 4.39 Å². The number of fused-ring (bicyclic) bond motifs is 2. The van der Waals surface area contributed by atoms with E-state index in [1.54, 1.807) is 0 Å². The van der Waals surface area contributed by atoms with Gasteiger partial charge in [0.1, 0.15) is 5.82 Å². The number of nitrogens with one attached hydrogen (secondary N) is 1. The van der Waals surface area contributed by atoms with Gasteiger partial charge in [-0.15, -0.1) is 0 Å². The highest BCUT2D eigenvalue weighted by molar-refractivity contribution is 9.10. The molecule has 0 radical (unpaired) electrons. The maximum Gasteiger partial charge on any atom is 0.137 e. The second kappa shape index (κ2) is 6.12. The standard InChI is InChI=1S/C16H22BrFN2/c1-20-13-3-2-4-14(20)9-12(8-13)19-10-11-5-6-16(18)15(17)7-11/h5-7,12-14,19H,2-4,8-10H2,1H3. The highest BCUT2D eigenvalue weighted by atomic mass is 79.9. The van der Waals surface area contributed by atoms with Crippen LogP contribution in [0.2, 0.25) is 0 Å². The summed E-state index contributed by atoms with van der Waals surface area (Å²) < 4.78 is 13.8. The third-order valence-electron chi connectivity index (χ3n) is 4.92. The number of piperidine rings is 2. The maximum absolute atomic E-state index is 13.2. The molecule has 1 aromatic carbocycles. The number of benzene rings is 1. The van der Waals surface area contributed by atoms with Crippen molar-refractivity contribution in [3.8, 4) is 0 Å². The lowest BCUT2D eigenvalue weighted by atomic mass is 9.82. The first-order valence-electron chi connectivity index (χ1n) is 7.52. The lowest BCUT2D eigenvalue weighted by molar-refractivity contribution is 0.0482. The van der Waals surface area contributed by atoms with E-state index >= 15 is 0 Å². The van der Waals surface area contributed by atoms with Crippen LogP contribution in [-0.4, -0.2) is 30.1 Å². The van der Waals surface area contributed by atoms with Crippen LogP contribution in [-0.2, 0) is 6.54 Å². The van der Waals surface area contributed by atoms with Gasteiger partial charge in [-0.1, -0.05) is 12.5 Å².